The predicted octanol–water partition coefficient (Wildman–Crippen LogP) is 4.35. The van der Waals surface area contributed by atoms with Crippen molar-refractivity contribution < 1.29 is 22.4 Å². The van der Waals surface area contributed by atoms with Crippen LogP contribution in [0.15, 0.2) is 24.3 Å². The third-order valence-electron chi connectivity index (χ3n) is 5.72. The topological polar surface area (TPSA) is 46.9 Å². The highest BCUT2D eigenvalue weighted by Crippen LogP contribution is 2.38. The molecular weight excluding hydrogens is 374 g/mol. The molecule has 8 heteroatoms. The van der Waals surface area contributed by atoms with Gasteiger partial charge in [-0.15, -0.1) is 0 Å². The molecule has 0 bridgehead atoms. The molecule has 4 rings (SSSR count). The average Bonchev–Trinajstić information content (AvgIpc) is 3.24. The van der Waals surface area contributed by atoms with E-state index in [9.17, 15) is 22.4 Å². The van der Waals surface area contributed by atoms with Crippen molar-refractivity contribution in [2.45, 2.75) is 57.2 Å². The van der Waals surface area contributed by atoms with Crippen LogP contribution in [0.5, 0.6) is 0 Å². The van der Waals surface area contributed by atoms with Crippen LogP contribution in [0.4, 0.5) is 17.6 Å². The Morgan fingerprint density at radius 1 is 1.07 bits per heavy atom. The van der Waals surface area contributed by atoms with Crippen LogP contribution in [0, 0.1) is 11.7 Å². The zero-order valence-electron chi connectivity index (χ0n) is 15.2. The summed E-state index contributed by atoms with van der Waals surface area (Å²) in [6.45, 7) is 0. The lowest BCUT2D eigenvalue weighted by atomic mass is 9.84. The van der Waals surface area contributed by atoms with Gasteiger partial charge in [0.2, 0.25) is 0 Å². The quantitative estimate of drug-likeness (QED) is 0.786. The molecule has 2 aliphatic rings. The summed E-state index contributed by atoms with van der Waals surface area (Å²) < 4.78 is 54.8. The normalized spacial score (nSPS) is 22.1. The molecule has 150 valence electrons. The summed E-state index contributed by atoms with van der Waals surface area (Å²) in [5, 5.41) is 6.99. The number of halogens is 4. The molecule has 2 aliphatic carbocycles. The van der Waals surface area contributed by atoms with Gasteiger partial charge in [-0.05, 0) is 56.4 Å². The van der Waals surface area contributed by atoms with E-state index >= 15 is 0 Å². The predicted molar refractivity (Wildman–Crippen MR) is 94.8 cm³/mol. The number of nitrogens with one attached hydrogen (secondary N) is 1. The highest BCUT2D eigenvalue weighted by molar-refractivity contribution is 5.94. The number of rotatable bonds is 3. The van der Waals surface area contributed by atoms with Crippen LogP contribution in [0.25, 0.3) is 5.69 Å². The van der Waals surface area contributed by atoms with Crippen LogP contribution in [-0.4, -0.2) is 27.9 Å². The molecule has 0 radical (unpaired) electrons. The molecule has 2 atom stereocenters. The smallest absolute Gasteiger partial charge is 0.347 e. The lowest BCUT2D eigenvalue weighted by Gasteiger charge is -2.33. The van der Waals surface area contributed by atoms with Gasteiger partial charge in [-0.3, -0.25) is 4.79 Å². The summed E-state index contributed by atoms with van der Waals surface area (Å²) in [4.78, 5) is 12.8. The fourth-order valence-corrected chi connectivity index (χ4v) is 4.35. The molecule has 1 aromatic heterocycles. The van der Waals surface area contributed by atoms with Gasteiger partial charge >= 0.3 is 6.18 Å². The molecule has 1 heterocycles. The van der Waals surface area contributed by atoms with Gasteiger partial charge in [-0.2, -0.15) is 18.3 Å². The summed E-state index contributed by atoms with van der Waals surface area (Å²) in [5.74, 6) is -2.45. The van der Waals surface area contributed by atoms with E-state index in [4.69, 9.17) is 0 Å². The van der Waals surface area contributed by atoms with Crippen molar-refractivity contribution in [3.63, 3.8) is 0 Å². The molecule has 1 aromatic carbocycles. The Hall–Kier alpha value is -2.38. The van der Waals surface area contributed by atoms with Gasteiger partial charge in [0.15, 0.2) is 5.69 Å². The minimum atomic E-state index is -4.33. The van der Waals surface area contributed by atoms with Crippen molar-refractivity contribution in [3.8, 4) is 5.69 Å². The van der Waals surface area contributed by atoms with Gasteiger partial charge in [0, 0.05) is 17.3 Å². The molecule has 2 aromatic rings. The minimum Gasteiger partial charge on any atom is -0.347 e. The number of carbonyl (C=O) groups is 1. The van der Waals surface area contributed by atoms with Crippen molar-refractivity contribution >= 4 is 5.91 Å². The number of amides is 1. The highest BCUT2D eigenvalue weighted by Gasteiger charge is 2.46. The Bertz CT molecular complexity index is 873. The molecule has 0 saturated heterocycles. The number of aromatic nitrogens is 2. The van der Waals surface area contributed by atoms with Crippen LogP contribution >= 0.6 is 0 Å². The number of alkyl halides is 3. The summed E-state index contributed by atoms with van der Waals surface area (Å²) in [5.41, 5.74) is 2.46. The van der Waals surface area contributed by atoms with Crippen LogP contribution in [0.2, 0.25) is 0 Å². The minimum absolute atomic E-state index is 0.0383. The molecule has 0 aliphatic heterocycles. The lowest BCUT2D eigenvalue weighted by Crippen LogP contribution is -2.47. The Labute approximate surface area is 159 Å². The van der Waals surface area contributed by atoms with Crippen molar-refractivity contribution in [1.82, 2.24) is 15.1 Å². The summed E-state index contributed by atoms with van der Waals surface area (Å²) >= 11 is 0. The Morgan fingerprint density at radius 3 is 2.50 bits per heavy atom. The van der Waals surface area contributed by atoms with Crippen molar-refractivity contribution in [1.29, 1.82) is 0 Å². The van der Waals surface area contributed by atoms with Gasteiger partial charge in [-0.1, -0.05) is 12.8 Å². The molecule has 1 N–H and O–H groups in total. The van der Waals surface area contributed by atoms with E-state index in [0.717, 1.165) is 24.1 Å². The van der Waals surface area contributed by atoms with E-state index in [2.05, 4.69) is 10.4 Å². The van der Waals surface area contributed by atoms with Gasteiger partial charge in [0.05, 0.1) is 11.6 Å². The highest BCUT2D eigenvalue weighted by atomic mass is 19.4. The van der Waals surface area contributed by atoms with Crippen LogP contribution in [0.1, 0.15) is 53.8 Å². The monoisotopic (exact) mass is 395 g/mol. The second kappa shape index (κ2) is 7.22. The second-order valence-electron chi connectivity index (χ2n) is 7.53. The summed E-state index contributed by atoms with van der Waals surface area (Å²) in [6.07, 6.45) is -0.552. The average molecular weight is 395 g/mol. The molecule has 0 unspecified atom stereocenters. The number of hydrogen-bond acceptors (Lipinski definition) is 2. The van der Waals surface area contributed by atoms with Crippen molar-refractivity contribution in [3.05, 3.63) is 47.0 Å². The van der Waals surface area contributed by atoms with Gasteiger partial charge in [0.25, 0.3) is 5.91 Å². The number of benzene rings is 1. The van der Waals surface area contributed by atoms with Gasteiger partial charge in [-0.25, -0.2) is 9.07 Å². The lowest BCUT2D eigenvalue weighted by molar-refractivity contribution is -0.187. The van der Waals surface area contributed by atoms with E-state index in [1.165, 1.54) is 12.1 Å². The largest absolute Gasteiger partial charge is 0.393 e. The van der Waals surface area contributed by atoms with Gasteiger partial charge < -0.3 is 5.32 Å². The molecule has 28 heavy (non-hydrogen) atoms. The SMILES string of the molecule is O=C(N[C@H]1CCCC[C@H]1C(F)(F)F)c1nn(-c2ccc(F)cc2)c2c1CCC2. The maximum Gasteiger partial charge on any atom is 0.393 e. The van der Waals surface area contributed by atoms with E-state index in [0.29, 0.717) is 31.4 Å². The zero-order valence-corrected chi connectivity index (χ0v) is 15.2. The summed E-state index contributed by atoms with van der Waals surface area (Å²) in [7, 11) is 0. The standard InChI is InChI=1S/C20H21F4N3O/c21-12-8-10-13(11-9-12)27-17-7-3-4-14(17)18(26-27)19(28)25-16-6-2-1-5-15(16)20(22,23)24/h8-11,15-16H,1-7H2,(H,25,28)/t15-,16+/m1/s1. The first-order chi connectivity index (χ1) is 13.3. The fourth-order valence-electron chi connectivity index (χ4n) is 4.35. The third kappa shape index (κ3) is 3.52. The van der Waals surface area contributed by atoms with E-state index in [-0.39, 0.29) is 17.9 Å². The Morgan fingerprint density at radius 2 is 1.79 bits per heavy atom. The zero-order chi connectivity index (χ0) is 19.9. The molecule has 1 saturated carbocycles. The molecule has 4 nitrogen and oxygen atoms in total. The first-order valence-electron chi connectivity index (χ1n) is 9.59. The first-order valence-corrected chi connectivity index (χ1v) is 9.59. The fraction of sp³-hybridized carbons (Fsp3) is 0.500. The number of carbonyl (C=O) groups excluding carboxylic acids is 1. The van der Waals surface area contributed by atoms with Crippen molar-refractivity contribution in [2.75, 3.05) is 0 Å². The molecule has 1 amide bonds. The van der Waals surface area contributed by atoms with Crippen LogP contribution < -0.4 is 5.32 Å². The maximum atomic E-state index is 13.3. The Balaban J connectivity index is 1.61. The first kappa shape index (κ1) is 19.0. The number of hydrogen-bond donors (Lipinski definition) is 1. The van der Waals surface area contributed by atoms with Crippen LogP contribution in [0.3, 0.4) is 0 Å². The third-order valence-corrected chi connectivity index (χ3v) is 5.72. The van der Waals surface area contributed by atoms with E-state index in [1.807, 2.05) is 0 Å². The molecular formula is C20H21F4N3O. The second-order valence-corrected chi connectivity index (χ2v) is 7.53. The molecule has 0 spiro atoms. The number of fused-ring (bicyclic) bond motifs is 1. The van der Waals surface area contributed by atoms with Crippen molar-refractivity contribution in [2.24, 2.45) is 5.92 Å². The van der Waals surface area contributed by atoms with E-state index < -0.39 is 24.0 Å². The number of nitrogens with zero attached hydrogens (tertiary/aromatic N) is 2. The molecule has 1 fully saturated rings. The van der Waals surface area contributed by atoms with Crippen LogP contribution in [-0.2, 0) is 12.8 Å². The van der Waals surface area contributed by atoms with E-state index in [1.54, 1.807) is 16.8 Å². The maximum absolute atomic E-state index is 13.3. The Kier molecular flexibility index (Phi) is 4.89. The van der Waals surface area contributed by atoms with Gasteiger partial charge in [0.1, 0.15) is 5.82 Å². The summed E-state index contributed by atoms with van der Waals surface area (Å²) in [6, 6.07) is 4.85.